The van der Waals surface area contributed by atoms with Crippen LogP contribution in [0.25, 0.3) is 0 Å². The Balaban J connectivity index is 1.58. The van der Waals surface area contributed by atoms with Crippen LogP contribution in [0.4, 0.5) is 0 Å². The molecule has 1 aliphatic heterocycles. The Labute approximate surface area is 165 Å². The Morgan fingerprint density at radius 2 is 2.00 bits per heavy atom. The van der Waals surface area contributed by atoms with Crippen molar-refractivity contribution in [3.05, 3.63) is 69.7 Å². The molecular weight excluding hydrogens is 367 g/mol. The molecule has 2 aromatic carbocycles. The van der Waals surface area contributed by atoms with Crippen LogP contribution in [-0.4, -0.2) is 23.9 Å². The molecule has 26 heavy (non-hydrogen) atoms. The lowest BCUT2D eigenvalue weighted by Gasteiger charge is -2.32. The number of carbonyl (C=O) groups excluding carboxylic acids is 1. The predicted octanol–water partition coefficient (Wildman–Crippen LogP) is 5.08. The smallest absolute Gasteiger partial charge is 0.224 e. The van der Waals surface area contributed by atoms with Crippen LogP contribution < -0.4 is 5.32 Å². The first-order valence-corrected chi connectivity index (χ1v) is 9.80. The van der Waals surface area contributed by atoms with Crippen molar-refractivity contribution in [1.29, 1.82) is 0 Å². The monoisotopic (exact) mass is 390 g/mol. The van der Waals surface area contributed by atoms with Crippen LogP contribution in [-0.2, 0) is 11.3 Å². The molecule has 0 bridgehead atoms. The molecule has 1 N–H and O–H groups in total. The van der Waals surface area contributed by atoms with E-state index in [1.54, 1.807) is 6.07 Å². The number of carbonyl (C=O) groups is 1. The van der Waals surface area contributed by atoms with Crippen molar-refractivity contribution in [3.63, 3.8) is 0 Å². The molecule has 2 atom stereocenters. The third kappa shape index (κ3) is 5.00. The highest BCUT2D eigenvalue weighted by molar-refractivity contribution is 6.35. The summed E-state index contributed by atoms with van der Waals surface area (Å²) < 4.78 is 0. The van der Waals surface area contributed by atoms with E-state index >= 15 is 0 Å². The van der Waals surface area contributed by atoms with Crippen molar-refractivity contribution in [2.75, 3.05) is 13.1 Å². The maximum Gasteiger partial charge on any atom is 0.224 e. The van der Waals surface area contributed by atoms with Crippen LogP contribution in [0.5, 0.6) is 0 Å². The number of nitrogens with one attached hydrogen (secondary N) is 1. The first-order chi connectivity index (χ1) is 12.5. The van der Waals surface area contributed by atoms with Crippen LogP contribution in [0, 0.1) is 5.92 Å². The van der Waals surface area contributed by atoms with Gasteiger partial charge in [-0.2, -0.15) is 0 Å². The van der Waals surface area contributed by atoms with Crippen molar-refractivity contribution >= 4 is 29.1 Å². The van der Waals surface area contributed by atoms with Gasteiger partial charge in [-0.25, -0.2) is 0 Å². The lowest BCUT2D eigenvalue weighted by atomic mass is 9.96. The van der Waals surface area contributed by atoms with Gasteiger partial charge in [-0.05, 0) is 49.6 Å². The Hall–Kier alpha value is -1.55. The molecule has 138 valence electrons. The number of piperidine rings is 1. The third-order valence-electron chi connectivity index (χ3n) is 4.94. The SMILES string of the molecule is C[C@@H](NC(=O)[C@H]1CCCN(Cc2ccc(Cl)cc2Cl)C1)c1ccccc1. The van der Waals surface area contributed by atoms with Gasteiger partial charge in [-0.3, -0.25) is 9.69 Å². The number of benzene rings is 2. The molecular formula is C21H24Cl2N2O. The van der Waals surface area contributed by atoms with Crippen molar-refractivity contribution in [2.45, 2.75) is 32.4 Å². The average Bonchev–Trinajstić information content (AvgIpc) is 2.65. The zero-order chi connectivity index (χ0) is 18.5. The minimum absolute atomic E-state index is 0.0148. The van der Waals surface area contributed by atoms with Gasteiger partial charge in [0.1, 0.15) is 0 Å². The molecule has 0 aliphatic carbocycles. The Kier molecular flexibility index (Phi) is 6.58. The Morgan fingerprint density at radius 1 is 1.23 bits per heavy atom. The number of rotatable bonds is 5. The van der Waals surface area contributed by atoms with Gasteiger partial charge < -0.3 is 5.32 Å². The molecule has 0 saturated carbocycles. The lowest BCUT2D eigenvalue weighted by Crippen LogP contribution is -2.43. The molecule has 0 unspecified atom stereocenters. The minimum atomic E-state index is 0.0148. The topological polar surface area (TPSA) is 32.3 Å². The third-order valence-corrected chi connectivity index (χ3v) is 5.53. The number of nitrogens with zero attached hydrogens (tertiary/aromatic N) is 1. The standard InChI is InChI=1S/C21H24Cl2N2O/c1-15(16-6-3-2-4-7-16)24-21(26)18-8-5-11-25(14-18)13-17-9-10-19(22)12-20(17)23/h2-4,6-7,9-10,12,15,18H,5,8,11,13-14H2,1H3,(H,24,26)/t15-,18+/m1/s1. The summed E-state index contributed by atoms with van der Waals surface area (Å²) in [6, 6.07) is 15.7. The molecule has 1 heterocycles. The lowest BCUT2D eigenvalue weighted by molar-refractivity contribution is -0.127. The van der Waals surface area contributed by atoms with Gasteiger partial charge in [0.15, 0.2) is 0 Å². The van der Waals surface area contributed by atoms with Gasteiger partial charge in [0.25, 0.3) is 0 Å². The quantitative estimate of drug-likeness (QED) is 0.771. The second-order valence-electron chi connectivity index (χ2n) is 6.95. The van der Waals surface area contributed by atoms with Gasteiger partial charge in [0.05, 0.1) is 12.0 Å². The van der Waals surface area contributed by atoms with Crippen molar-refractivity contribution < 1.29 is 4.79 Å². The van der Waals surface area contributed by atoms with Gasteiger partial charge in [-0.1, -0.05) is 59.6 Å². The van der Waals surface area contributed by atoms with E-state index in [1.807, 2.05) is 49.4 Å². The van der Waals surface area contributed by atoms with Gasteiger partial charge in [0, 0.05) is 23.1 Å². The molecule has 3 rings (SSSR count). The molecule has 2 aromatic rings. The largest absolute Gasteiger partial charge is 0.349 e. The first-order valence-electron chi connectivity index (χ1n) is 9.04. The Morgan fingerprint density at radius 3 is 2.73 bits per heavy atom. The molecule has 1 amide bonds. The molecule has 0 aromatic heterocycles. The molecule has 1 aliphatic rings. The van der Waals surface area contributed by atoms with Crippen LogP contribution in [0.2, 0.25) is 10.0 Å². The van der Waals surface area contributed by atoms with E-state index in [0.29, 0.717) is 10.0 Å². The van der Waals surface area contributed by atoms with E-state index in [-0.39, 0.29) is 17.9 Å². The second kappa shape index (κ2) is 8.90. The van der Waals surface area contributed by atoms with E-state index in [9.17, 15) is 4.79 Å². The fourth-order valence-electron chi connectivity index (χ4n) is 3.46. The number of halogens is 2. The maximum atomic E-state index is 12.7. The highest BCUT2D eigenvalue weighted by Crippen LogP contribution is 2.25. The molecule has 0 spiro atoms. The summed E-state index contributed by atoms with van der Waals surface area (Å²) in [5.74, 6) is 0.147. The van der Waals surface area contributed by atoms with E-state index in [4.69, 9.17) is 23.2 Å². The summed E-state index contributed by atoms with van der Waals surface area (Å²) in [6.45, 7) is 4.51. The number of amides is 1. The van der Waals surface area contributed by atoms with Crippen LogP contribution in [0.3, 0.4) is 0 Å². The molecule has 3 nitrogen and oxygen atoms in total. The number of likely N-dealkylation sites (tertiary alicyclic amines) is 1. The van der Waals surface area contributed by atoms with E-state index in [1.165, 1.54) is 0 Å². The average molecular weight is 391 g/mol. The Bertz CT molecular complexity index is 751. The molecule has 1 saturated heterocycles. The summed E-state index contributed by atoms with van der Waals surface area (Å²) in [5, 5.41) is 4.49. The first kappa shape index (κ1) is 19.2. The van der Waals surface area contributed by atoms with E-state index < -0.39 is 0 Å². The molecule has 5 heteroatoms. The van der Waals surface area contributed by atoms with Crippen LogP contribution in [0.1, 0.15) is 36.9 Å². The zero-order valence-corrected chi connectivity index (χ0v) is 16.4. The molecule has 0 radical (unpaired) electrons. The van der Waals surface area contributed by atoms with Crippen LogP contribution >= 0.6 is 23.2 Å². The normalized spacial score (nSPS) is 19.1. The summed E-state index contributed by atoms with van der Waals surface area (Å²) in [7, 11) is 0. The second-order valence-corrected chi connectivity index (χ2v) is 7.79. The highest BCUT2D eigenvalue weighted by Gasteiger charge is 2.27. The summed E-state index contributed by atoms with van der Waals surface area (Å²) >= 11 is 12.3. The van der Waals surface area contributed by atoms with E-state index in [2.05, 4.69) is 10.2 Å². The summed E-state index contributed by atoms with van der Waals surface area (Å²) in [5.41, 5.74) is 2.18. The highest BCUT2D eigenvalue weighted by atomic mass is 35.5. The zero-order valence-electron chi connectivity index (χ0n) is 14.9. The van der Waals surface area contributed by atoms with Gasteiger partial charge >= 0.3 is 0 Å². The predicted molar refractivity (Wildman–Crippen MR) is 107 cm³/mol. The van der Waals surface area contributed by atoms with Gasteiger partial charge in [0.2, 0.25) is 5.91 Å². The van der Waals surface area contributed by atoms with E-state index in [0.717, 1.165) is 43.6 Å². The van der Waals surface area contributed by atoms with Crippen LogP contribution in [0.15, 0.2) is 48.5 Å². The fourth-order valence-corrected chi connectivity index (χ4v) is 3.93. The maximum absolute atomic E-state index is 12.7. The summed E-state index contributed by atoms with van der Waals surface area (Å²) in [4.78, 5) is 15.0. The minimum Gasteiger partial charge on any atom is -0.349 e. The molecule has 1 fully saturated rings. The van der Waals surface area contributed by atoms with Crippen molar-refractivity contribution in [2.24, 2.45) is 5.92 Å². The summed E-state index contributed by atoms with van der Waals surface area (Å²) in [6.07, 6.45) is 1.95. The number of hydrogen-bond donors (Lipinski definition) is 1. The van der Waals surface area contributed by atoms with Gasteiger partial charge in [-0.15, -0.1) is 0 Å². The van der Waals surface area contributed by atoms with Crippen molar-refractivity contribution in [3.8, 4) is 0 Å². The fraction of sp³-hybridized carbons (Fsp3) is 0.381. The number of hydrogen-bond acceptors (Lipinski definition) is 2. The van der Waals surface area contributed by atoms with Crippen molar-refractivity contribution in [1.82, 2.24) is 10.2 Å².